The standard InChI is InChI=1S/C13H13ClN2O3S2/c1-7-5-12(8(2)20-7)21(18,19)16-11-6-9(13(15)17)3-4-10(11)14/h3-6,16H,1-2H3,(H2,15,17). The van der Waals surface area contributed by atoms with E-state index >= 15 is 0 Å². The van der Waals surface area contributed by atoms with Crippen molar-refractivity contribution in [2.45, 2.75) is 18.7 Å². The summed E-state index contributed by atoms with van der Waals surface area (Å²) in [5.74, 6) is -0.658. The molecule has 3 N–H and O–H groups in total. The highest BCUT2D eigenvalue weighted by Crippen LogP contribution is 2.29. The Hall–Kier alpha value is -1.57. The number of halogens is 1. The molecule has 8 heteroatoms. The van der Waals surface area contributed by atoms with E-state index in [9.17, 15) is 13.2 Å². The van der Waals surface area contributed by atoms with Crippen LogP contribution in [0, 0.1) is 13.8 Å². The molecule has 0 bridgehead atoms. The summed E-state index contributed by atoms with van der Waals surface area (Å²) in [6, 6.07) is 5.76. The molecule has 0 aliphatic carbocycles. The van der Waals surface area contributed by atoms with E-state index in [1.165, 1.54) is 29.5 Å². The normalized spacial score (nSPS) is 11.4. The van der Waals surface area contributed by atoms with Gasteiger partial charge in [-0.25, -0.2) is 8.42 Å². The van der Waals surface area contributed by atoms with E-state index < -0.39 is 15.9 Å². The number of aryl methyl sites for hydroxylation is 2. The second-order valence-corrected chi connectivity index (χ2v) is 7.96. The molecule has 0 aliphatic heterocycles. The smallest absolute Gasteiger partial charge is 0.263 e. The van der Waals surface area contributed by atoms with Crippen molar-refractivity contribution in [3.63, 3.8) is 0 Å². The van der Waals surface area contributed by atoms with Gasteiger partial charge in [0.15, 0.2) is 0 Å². The van der Waals surface area contributed by atoms with Gasteiger partial charge < -0.3 is 5.73 Å². The van der Waals surface area contributed by atoms with Crippen LogP contribution in [0.3, 0.4) is 0 Å². The molecule has 0 spiro atoms. The van der Waals surface area contributed by atoms with Crippen LogP contribution in [0.4, 0.5) is 5.69 Å². The largest absolute Gasteiger partial charge is 0.366 e. The molecular formula is C13H13ClN2O3S2. The third-order valence-electron chi connectivity index (χ3n) is 2.78. The number of benzene rings is 1. The summed E-state index contributed by atoms with van der Waals surface area (Å²) in [7, 11) is -3.76. The van der Waals surface area contributed by atoms with E-state index in [0.717, 1.165) is 4.88 Å². The molecule has 1 amide bonds. The maximum atomic E-state index is 12.4. The predicted molar refractivity (Wildman–Crippen MR) is 84.6 cm³/mol. The Balaban J connectivity index is 2.43. The Morgan fingerprint density at radius 1 is 1.29 bits per heavy atom. The zero-order valence-electron chi connectivity index (χ0n) is 11.3. The maximum Gasteiger partial charge on any atom is 0.263 e. The number of sulfonamides is 1. The fourth-order valence-corrected chi connectivity index (χ4v) is 4.68. The molecule has 2 rings (SSSR count). The fraction of sp³-hybridized carbons (Fsp3) is 0.154. The Labute approximate surface area is 131 Å². The SMILES string of the molecule is Cc1cc(S(=O)(=O)Nc2cc(C(N)=O)ccc2Cl)c(C)s1. The van der Waals surface area contributed by atoms with Crippen molar-refractivity contribution in [2.24, 2.45) is 5.73 Å². The van der Waals surface area contributed by atoms with Crippen LogP contribution in [-0.4, -0.2) is 14.3 Å². The summed E-state index contributed by atoms with van der Waals surface area (Å²) in [6.07, 6.45) is 0. The first kappa shape index (κ1) is 15.8. The van der Waals surface area contributed by atoms with E-state index in [2.05, 4.69) is 4.72 Å². The lowest BCUT2D eigenvalue weighted by Crippen LogP contribution is -2.15. The molecule has 0 fully saturated rings. The topological polar surface area (TPSA) is 89.3 Å². The zero-order valence-corrected chi connectivity index (χ0v) is 13.7. The minimum Gasteiger partial charge on any atom is -0.366 e. The van der Waals surface area contributed by atoms with Gasteiger partial charge in [0.25, 0.3) is 10.0 Å². The summed E-state index contributed by atoms with van der Waals surface area (Å²) in [6.45, 7) is 3.56. The minimum absolute atomic E-state index is 0.121. The number of thiophene rings is 1. The minimum atomic E-state index is -3.76. The van der Waals surface area contributed by atoms with Gasteiger partial charge in [-0.05, 0) is 38.1 Å². The molecule has 5 nitrogen and oxygen atoms in total. The molecule has 21 heavy (non-hydrogen) atoms. The van der Waals surface area contributed by atoms with Crippen LogP contribution in [0.2, 0.25) is 5.02 Å². The first-order chi connectivity index (χ1) is 9.70. The zero-order chi connectivity index (χ0) is 15.8. The van der Waals surface area contributed by atoms with E-state index in [1.54, 1.807) is 13.0 Å². The number of amides is 1. The van der Waals surface area contributed by atoms with E-state index in [1.807, 2.05) is 6.92 Å². The third kappa shape index (κ3) is 3.37. The van der Waals surface area contributed by atoms with Crippen molar-refractivity contribution < 1.29 is 13.2 Å². The predicted octanol–water partition coefficient (Wildman–Crippen LogP) is 2.92. The molecule has 2 aromatic rings. The maximum absolute atomic E-state index is 12.4. The van der Waals surface area contributed by atoms with E-state index in [-0.39, 0.29) is 21.2 Å². The highest BCUT2D eigenvalue weighted by atomic mass is 35.5. The van der Waals surface area contributed by atoms with Crippen molar-refractivity contribution in [1.29, 1.82) is 0 Å². The van der Waals surface area contributed by atoms with Gasteiger partial charge in [0.2, 0.25) is 5.91 Å². The van der Waals surface area contributed by atoms with Gasteiger partial charge in [-0.15, -0.1) is 11.3 Å². The lowest BCUT2D eigenvalue weighted by molar-refractivity contribution is 0.100. The van der Waals surface area contributed by atoms with Gasteiger partial charge in [-0.3, -0.25) is 9.52 Å². The highest BCUT2D eigenvalue weighted by Gasteiger charge is 2.20. The summed E-state index contributed by atoms with van der Waals surface area (Å²) in [5, 5.41) is 0.188. The molecule has 0 unspecified atom stereocenters. The summed E-state index contributed by atoms with van der Waals surface area (Å²) < 4.78 is 27.2. The van der Waals surface area contributed by atoms with Gasteiger partial charge in [-0.1, -0.05) is 11.6 Å². The molecule has 0 aliphatic rings. The number of carbonyl (C=O) groups is 1. The molecule has 0 radical (unpaired) electrons. The van der Waals surface area contributed by atoms with Gasteiger partial charge in [0.05, 0.1) is 10.7 Å². The van der Waals surface area contributed by atoms with Crippen LogP contribution in [0.5, 0.6) is 0 Å². The van der Waals surface area contributed by atoms with Crippen LogP contribution in [0.15, 0.2) is 29.2 Å². The molecule has 0 saturated carbocycles. The Morgan fingerprint density at radius 3 is 2.48 bits per heavy atom. The fourth-order valence-electron chi connectivity index (χ4n) is 1.83. The number of hydrogen-bond acceptors (Lipinski definition) is 4. The van der Waals surface area contributed by atoms with Gasteiger partial charge >= 0.3 is 0 Å². The first-order valence-electron chi connectivity index (χ1n) is 5.90. The first-order valence-corrected chi connectivity index (χ1v) is 8.57. The molecule has 0 saturated heterocycles. The number of nitrogens with two attached hydrogens (primary N) is 1. The van der Waals surface area contributed by atoms with Crippen LogP contribution in [0.1, 0.15) is 20.1 Å². The van der Waals surface area contributed by atoms with Crippen LogP contribution < -0.4 is 10.5 Å². The quantitative estimate of drug-likeness (QED) is 0.893. The van der Waals surface area contributed by atoms with Crippen LogP contribution in [0.25, 0.3) is 0 Å². The Kier molecular flexibility index (Phi) is 4.27. The van der Waals surface area contributed by atoms with Crippen molar-refractivity contribution in [1.82, 2.24) is 0 Å². The Morgan fingerprint density at radius 2 is 1.95 bits per heavy atom. The summed E-state index contributed by atoms with van der Waals surface area (Å²) >= 11 is 7.36. The summed E-state index contributed by atoms with van der Waals surface area (Å²) in [5.41, 5.74) is 5.48. The van der Waals surface area contributed by atoms with Gasteiger partial charge in [0, 0.05) is 15.3 Å². The van der Waals surface area contributed by atoms with Crippen LogP contribution in [-0.2, 0) is 10.0 Å². The number of anilines is 1. The number of hydrogen-bond donors (Lipinski definition) is 2. The molecular weight excluding hydrogens is 332 g/mol. The average Bonchev–Trinajstić information content (AvgIpc) is 2.71. The molecule has 0 atom stereocenters. The lowest BCUT2D eigenvalue weighted by Gasteiger charge is -2.10. The van der Waals surface area contributed by atoms with E-state index in [0.29, 0.717) is 4.88 Å². The van der Waals surface area contributed by atoms with Crippen molar-refractivity contribution in [2.75, 3.05) is 4.72 Å². The van der Waals surface area contributed by atoms with Crippen molar-refractivity contribution in [3.8, 4) is 0 Å². The number of carbonyl (C=O) groups excluding carboxylic acids is 1. The second-order valence-electron chi connectivity index (χ2n) is 4.44. The Bertz CT molecular complexity index is 813. The number of nitrogens with one attached hydrogen (secondary N) is 1. The van der Waals surface area contributed by atoms with Crippen molar-refractivity contribution >= 4 is 44.6 Å². The van der Waals surface area contributed by atoms with Gasteiger partial charge in [-0.2, -0.15) is 0 Å². The molecule has 1 heterocycles. The van der Waals surface area contributed by atoms with Crippen LogP contribution >= 0.6 is 22.9 Å². The van der Waals surface area contributed by atoms with E-state index in [4.69, 9.17) is 17.3 Å². The number of primary amides is 1. The lowest BCUT2D eigenvalue weighted by atomic mass is 10.2. The van der Waals surface area contributed by atoms with Gasteiger partial charge in [0.1, 0.15) is 4.90 Å². The van der Waals surface area contributed by atoms with Crippen molar-refractivity contribution in [3.05, 3.63) is 44.6 Å². The summed E-state index contributed by atoms with van der Waals surface area (Å²) in [4.78, 5) is 12.9. The molecule has 1 aromatic heterocycles. The second kappa shape index (κ2) is 5.67. The number of rotatable bonds is 4. The average molecular weight is 345 g/mol. The molecule has 1 aromatic carbocycles. The third-order valence-corrected chi connectivity index (χ3v) is 5.70. The highest BCUT2D eigenvalue weighted by molar-refractivity contribution is 7.93. The molecule has 112 valence electrons. The monoisotopic (exact) mass is 344 g/mol.